The number of hydrogen-bond acceptors (Lipinski definition) is 3. The van der Waals surface area contributed by atoms with Crippen molar-refractivity contribution in [3.05, 3.63) is 12.2 Å². The van der Waals surface area contributed by atoms with Crippen LogP contribution in [0, 0.1) is 0 Å². The lowest BCUT2D eigenvalue weighted by atomic mass is 10.2. The first-order valence-electron chi connectivity index (χ1n) is 4.01. The van der Waals surface area contributed by atoms with Crippen LogP contribution in [-0.4, -0.2) is 27.9 Å². The van der Waals surface area contributed by atoms with Gasteiger partial charge in [0.2, 0.25) is 0 Å². The maximum Gasteiger partial charge on any atom is 0.132 e. The highest BCUT2D eigenvalue weighted by molar-refractivity contribution is 4.93. The summed E-state index contributed by atoms with van der Waals surface area (Å²) >= 11 is 0. The number of aryl methyl sites for hydroxylation is 1. The molecule has 0 unspecified atom stereocenters. The molecule has 1 aromatic heterocycles. The first kappa shape index (κ1) is 6.79. The minimum Gasteiger partial charge on any atom is -0.313 e. The minimum absolute atomic E-state index is 0.597. The fourth-order valence-electron chi connectivity index (χ4n) is 1.29. The van der Waals surface area contributed by atoms with Gasteiger partial charge in [-0.3, -0.25) is 0 Å². The van der Waals surface area contributed by atoms with Gasteiger partial charge < -0.3 is 9.88 Å². The Morgan fingerprint density at radius 3 is 3.09 bits per heavy atom. The normalized spacial score (nSPS) is 18.3. The summed E-state index contributed by atoms with van der Waals surface area (Å²) in [7, 11) is 0. The number of nitrogens with one attached hydrogen (secondary N) is 1. The van der Waals surface area contributed by atoms with E-state index in [0.717, 1.165) is 25.3 Å². The van der Waals surface area contributed by atoms with Gasteiger partial charge >= 0.3 is 0 Å². The SMILES string of the molecule is CCc1nncn1C1CNC1. The molecule has 1 N–H and O–H groups in total. The molecule has 0 aliphatic carbocycles. The Bertz CT molecular complexity index is 238. The quantitative estimate of drug-likeness (QED) is 0.648. The molecule has 2 rings (SSSR count). The summed E-state index contributed by atoms with van der Waals surface area (Å²) in [5.41, 5.74) is 0. The van der Waals surface area contributed by atoms with Crippen LogP contribution in [0.4, 0.5) is 0 Å². The molecule has 0 spiro atoms. The molecule has 1 aliphatic heterocycles. The summed E-state index contributed by atoms with van der Waals surface area (Å²) in [5, 5.41) is 11.1. The van der Waals surface area contributed by atoms with Crippen molar-refractivity contribution in [2.75, 3.05) is 13.1 Å². The van der Waals surface area contributed by atoms with Crippen molar-refractivity contribution in [2.45, 2.75) is 19.4 Å². The van der Waals surface area contributed by atoms with Crippen LogP contribution in [0.2, 0.25) is 0 Å². The van der Waals surface area contributed by atoms with Gasteiger partial charge in [-0.05, 0) is 0 Å². The number of nitrogens with zero attached hydrogens (tertiary/aromatic N) is 3. The number of aromatic nitrogens is 3. The van der Waals surface area contributed by atoms with E-state index >= 15 is 0 Å². The molecule has 0 atom stereocenters. The minimum atomic E-state index is 0.597. The van der Waals surface area contributed by atoms with Gasteiger partial charge in [0.25, 0.3) is 0 Å². The van der Waals surface area contributed by atoms with Crippen LogP contribution in [-0.2, 0) is 6.42 Å². The monoisotopic (exact) mass is 152 g/mol. The third-order valence-electron chi connectivity index (χ3n) is 2.12. The average Bonchev–Trinajstić information content (AvgIpc) is 2.32. The Morgan fingerprint density at radius 1 is 1.73 bits per heavy atom. The zero-order valence-electron chi connectivity index (χ0n) is 6.62. The van der Waals surface area contributed by atoms with Crippen molar-refractivity contribution < 1.29 is 0 Å². The van der Waals surface area contributed by atoms with Crippen LogP contribution in [0.25, 0.3) is 0 Å². The predicted octanol–water partition coefficient (Wildman–Crippen LogP) is -0.0152. The fourth-order valence-corrected chi connectivity index (χ4v) is 1.29. The number of rotatable bonds is 2. The van der Waals surface area contributed by atoms with E-state index in [2.05, 4.69) is 27.0 Å². The Morgan fingerprint density at radius 2 is 2.55 bits per heavy atom. The summed E-state index contributed by atoms with van der Waals surface area (Å²) in [5.74, 6) is 1.09. The highest BCUT2D eigenvalue weighted by atomic mass is 15.3. The van der Waals surface area contributed by atoms with Crippen LogP contribution in [0.15, 0.2) is 6.33 Å². The molecule has 0 radical (unpaired) electrons. The molecule has 0 saturated carbocycles. The Kier molecular flexibility index (Phi) is 1.62. The molecule has 11 heavy (non-hydrogen) atoms. The molecular formula is C7H12N4. The predicted molar refractivity (Wildman–Crippen MR) is 41.3 cm³/mol. The van der Waals surface area contributed by atoms with Gasteiger partial charge in [-0.1, -0.05) is 6.92 Å². The third kappa shape index (κ3) is 1.03. The molecule has 0 bridgehead atoms. The lowest BCUT2D eigenvalue weighted by molar-refractivity contribution is 0.335. The number of hydrogen-bond donors (Lipinski definition) is 1. The first-order valence-corrected chi connectivity index (χ1v) is 4.01. The smallest absolute Gasteiger partial charge is 0.132 e. The third-order valence-corrected chi connectivity index (χ3v) is 2.12. The molecule has 2 heterocycles. The summed E-state index contributed by atoms with van der Waals surface area (Å²) in [4.78, 5) is 0. The molecule has 1 aromatic rings. The van der Waals surface area contributed by atoms with Crippen molar-refractivity contribution in [3.63, 3.8) is 0 Å². The van der Waals surface area contributed by atoms with Crippen molar-refractivity contribution in [2.24, 2.45) is 0 Å². The van der Waals surface area contributed by atoms with Crippen LogP contribution < -0.4 is 5.32 Å². The van der Waals surface area contributed by atoms with Gasteiger partial charge in [-0.25, -0.2) is 0 Å². The summed E-state index contributed by atoms with van der Waals surface area (Å²) < 4.78 is 2.16. The van der Waals surface area contributed by atoms with Crippen molar-refractivity contribution in [1.82, 2.24) is 20.1 Å². The Hall–Kier alpha value is -0.900. The molecule has 4 nitrogen and oxygen atoms in total. The van der Waals surface area contributed by atoms with Gasteiger partial charge in [0, 0.05) is 19.5 Å². The fraction of sp³-hybridized carbons (Fsp3) is 0.714. The molecule has 0 amide bonds. The summed E-state index contributed by atoms with van der Waals surface area (Å²) in [6, 6.07) is 0.597. The zero-order valence-corrected chi connectivity index (χ0v) is 6.62. The second-order valence-corrected chi connectivity index (χ2v) is 2.82. The molecule has 60 valence electrons. The van der Waals surface area contributed by atoms with Gasteiger partial charge in [-0.15, -0.1) is 10.2 Å². The highest BCUT2D eigenvalue weighted by Gasteiger charge is 2.20. The molecule has 1 saturated heterocycles. The van der Waals surface area contributed by atoms with Crippen LogP contribution in [0.1, 0.15) is 18.8 Å². The van der Waals surface area contributed by atoms with Gasteiger partial charge in [0.15, 0.2) is 0 Å². The van der Waals surface area contributed by atoms with E-state index in [4.69, 9.17) is 0 Å². The van der Waals surface area contributed by atoms with Crippen molar-refractivity contribution in [3.8, 4) is 0 Å². The van der Waals surface area contributed by atoms with Crippen LogP contribution in [0.3, 0.4) is 0 Å². The van der Waals surface area contributed by atoms with Gasteiger partial charge in [0.05, 0.1) is 6.04 Å². The topological polar surface area (TPSA) is 42.7 Å². The van der Waals surface area contributed by atoms with E-state index in [1.807, 2.05) is 6.33 Å². The zero-order chi connectivity index (χ0) is 7.68. The largest absolute Gasteiger partial charge is 0.313 e. The Balaban J connectivity index is 2.20. The van der Waals surface area contributed by atoms with Crippen LogP contribution >= 0.6 is 0 Å². The second-order valence-electron chi connectivity index (χ2n) is 2.82. The Labute approximate surface area is 65.6 Å². The molecular weight excluding hydrogens is 140 g/mol. The van der Waals surface area contributed by atoms with E-state index in [1.165, 1.54) is 0 Å². The van der Waals surface area contributed by atoms with Crippen LogP contribution in [0.5, 0.6) is 0 Å². The van der Waals surface area contributed by atoms with Gasteiger partial charge in [0.1, 0.15) is 12.2 Å². The van der Waals surface area contributed by atoms with E-state index < -0.39 is 0 Å². The maximum atomic E-state index is 4.02. The van der Waals surface area contributed by atoms with Crippen molar-refractivity contribution >= 4 is 0 Å². The van der Waals surface area contributed by atoms with Gasteiger partial charge in [-0.2, -0.15) is 0 Å². The lowest BCUT2D eigenvalue weighted by Gasteiger charge is -2.28. The molecule has 0 aromatic carbocycles. The average molecular weight is 152 g/mol. The summed E-state index contributed by atoms with van der Waals surface area (Å²) in [6.07, 6.45) is 2.79. The molecule has 4 heteroatoms. The second kappa shape index (κ2) is 2.62. The maximum absolute atomic E-state index is 4.02. The van der Waals surface area contributed by atoms with E-state index in [-0.39, 0.29) is 0 Å². The molecule has 1 fully saturated rings. The standard InChI is InChI=1S/C7H12N4/c1-2-7-10-9-5-11(7)6-3-8-4-6/h5-6,8H,2-4H2,1H3. The highest BCUT2D eigenvalue weighted by Crippen LogP contribution is 2.12. The van der Waals surface area contributed by atoms with E-state index in [1.54, 1.807) is 0 Å². The van der Waals surface area contributed by atoms with E-state index in [0.29, 0.717) is 6.04 Å². The summed E-state index contributed by atoms with van der Waals surface area (Å²) in [6.45, 7) is 4.22. The first-order chi connectivity index (χ1) is 5.42. The molecule has 1 aliphatic rings. The van der Waals surface area contributed by atoms with Crippen molar-refractivity contribution in [1.29, 1.82) is 0 Å². The van der Waals surface area contributed by atoms with E-state index in [9.17, 15) is 0 Å². The lowest BCUT2D eigenvalue weighted by Crippen LogP contribution is -2.43.